The summed E-state index contributed by atoms with van der Waals surface area (Å²) in [5.41, 5.74) is 2.69. The van der Waals surface area contributed by atoms with Crippen molar-refractivity contribution in [3.8, 4) is 5.75 Å². The summed E-state index contributed by atoms with van der Waals surface area (Å²) in [6, 6.07) is 9.61. The van der Waals surface area contributed by atoms with Crippen LogP contribution in [0.4, 0.5) is 11.4 Å². The van der Waals surface area contributed by atoms with Gasteiger partial charge in [0, 0.05) is 23.0 Å². The molecule has 0 spiro atoms. The minimum absolute atomic E-state index is 0.0367. The highest BCUT2D eigenvalue weighted by Crippen LogP contribution is 2.27. The number of benzene rings is 2. The summed E-state index contributed by atoms with van der Waals surface area (Å²) in [4.78, 5) is 34.1. The fourth-order valence-corrected chi connectivity index (χ4v) is 2.25. The number of hydrogen-bond acceptors (Lipinski definition) is 6. The van der Waals surface area contributed by atoms with Gasteiger partial charge in [-0.2, -0.15) is 5.10 Å². The van der Waals surface area contributed by atoms with Crippen molar-refractivity contribution in [3.05, 3.63) is 63.2 Å². The monoisotopic (exact) mass is 390 g/mol. The van der Waals surface area contributed by atoms with Crippen LogP contribution in [0.3, 0.4) is 0 Å². The van der Waals surface area contributed by atoms with Crippen LogP contribution in [0.25, 0.3) is 0 Å². The Morgan fingerprint density at radius 2 is 2.00 bits per heavy atom. The number of nitrogens with one attached hydrogen (secondary N) is 2. The second-order valence-electron chi connectivity index (χ2n) is 5.49. The van der Waals surface area contributed by atoms with Crippen LogP contribution in [0, 0.1) is 10.1 Å². The standard InChI is InChI=1S/C17H15ClN4O5/c1-10(20-21-17(25)11-3-2-4-13(23)8-11)7-16(24)19-12-5-6-14(18)15(9-12)22(26)27/h2-6,8-9,23H,7H2,1H3,(H,19,24)(H,21,25)/b20-10+. The summed E-state index contributed by atoms with van der Waals surface area (Å²) in [6.07, 6.45) is -0.142. The Kier molecular flexibility index (Phi) is 6.45. The minimum Gasteiger partial charge on any atom is -0.508 e. The Balaban J connectivity index is 1.95. The third-order valence-electron chi connectivity index (χ3n) is 3.30. The number of halogens is 1. The van der Waals surface area contributed by atoms with Gasteiger partial charge in [-0.15, -0.1) is 0 Å². The van der Waals surface area contributed by atoms with Crippen molar-refractivity contribution in [1.29, 1.82) is 0 Å². The Hall–Kier alpha value is -3.46. The van der Waals surface area contributed by atoms with Gasteiger partial charge in [-0.3, -0.25) is 19.7 Å². The predicted molar refractivity (Wildman–Crippen MR) is 100 cm³/mol. The van der Waals surface area contributed by atoms with Crippen molar-refractivity contribution in [2.24, 2.45) is 5.10 Å². The molecule has 0 heterocycles. The second kappa shape index (κ2) is 8.77. The zero-order valence-corrected chi connectivity index (χ0v) is 14.9. The molecule has 2 aromatic carbocycles. The molecule has 27 heavy (non-hydrogen) atoms. The van der Waals surface area contributed by atoms with E-state index in [9.17, 15) is 24.8 Å². The average Bonchev–Trinajstić information content (AvgIpc) is 2.61. The molecule has 3 N–H and O–H groups in total. The van der Waals surface area contributed by atoms with Crippen molar-refractivity contribution in [2.45, 2.75) is 13.3 Å². The molecule has 0 saturated carbocycles. The first-order valence-electron chi connectivity index (χ1n) is 7.62. The highest BCUT2D eigenvalue weighted by atomic mass is 35.5. The number of nitrogens with zero attached hydrogens (tertiary/aromatic N) is 2. The number of carbonyl (C=O) groups excluding carboxylic acids is 2. The maximum atomic E-state index is 12.0. The van der Waals surface area contributed by atoms with Gasteiger partial charge >= 0.3 is 0 Å². The normalized spacial score (nSPS) is 11.0. The van der Waals surface area contributed by atoms with Gasteiger partial charge in [0.2, 0.25) is 5.91 Å². The maximum absolute atomic E-state index is 12.0. The molecular formula is C17H15ClN4O5. The highest BCUT2D eigenvalue weighted by Gasteiger charge is 2.14. The zero-order chi connectivity index (χ0) is 20.0. The molecule has 0 bridgehead atoms. The van der Waals surface area contributed by atoms with Crippen LogP contribution in [0.1, 0.15) is 23.7 Å². The molecule has 0 fully saturated rings. The Morgan fingerprint density at radius 1 is 1.26 bits per heavy atom. The number of phenols is 1. The quantitative estimate of drug-likeness (QED) is 0.396. The predicted octanol–water partition coefficient (Wildman–Crippen LogP) is 3.09. The van der Waals surface area contributed by atoms with Gasteiger partial charge in [-0.25, -0.2) is 5.43 Å². The molecular weight excluding hydrogens is 376 g/mol. The Bertz CT molecular complexity index is 929. The van der Waals surface area contributed by atoms with Crippen LogP contribution in [0.2, 0.25) is 5.02 Å². The first-order valence-corrected chi connectivity index (χ1v) is 8.00. The minimum atomic E-state index is -0.651. The molecule has 0 aliphatic rings. The van der Waals surface area contributed by atoms with Gasteiger partial charge in [0.25, 0.3) is 11.6 Å². The molecule has 0 radical (unpaired) electrons. The molecule has 0 saturated heterocycles. The van der Waals surface area contributed by atoms with Crippen LogP contribution in [0.5, 0.6) is 5.75 Å². The molecule has 2 aromatic rings. The van der Waals surface area contributed by atoms with Gasteiger partial charge in [0.05, 0.1) is 11.3 Å². The van der Waals surface area contributed by atoms with E-state index in [0.717, 1.165) is 6.07 Å². The van der Waals surface area contributed by atoms with E-state index in [2.05, 4.69) is 15.8 Å². The first-order chi connectivity index (χ1) is 12.8. The number of hydrazone groups is 1. The summed E-state index contributed by atoms with van der Waals surface area (Å²) in [5.74, 6) is -1.07. The lowest BCUT2D eigenvalue weighted by atomic mass is 10.2. The number of hydrogen-bond donors (Lipinski definition) is 3. The largest absolute Gasteiger partial charge is 0.508 e. The smallest absolute Gasteiger partial charge is 0.289 e. The second-order valence-corrected chi connectivity index (χ2v) is 5.89. The van der Waals surface area contributed by atoms with Gasteiger partial charge in [0.1, 0.15) is 10.8 Å². The van der Waals surface area contributed by atoms with Gasteiger partial charge < -0.3 is 10.4 Å². The van der Waals surface area contributed by atoms with Crippen LogP contribution in [0.15, 0.2) is 47.6 Å². The lowest BCUT2D eigenvalue weighted by molar-refractivity contribution is -0.384. The van der Waals surface area contributed by atoms with E-state index in [-0.39, 0.29) is 34.1 Å². The number of anilines is 1. The average molecular weight is 391 g/mol. The fraction of sp³-hybridized carbons (Fsp3) is 0.118. The summed E-state index contributed by atoms with van der Waals surface area (Å²) in [6.45, 7) is 1.53. The zero-order valence-electron chi connectivity index (χ0n) is 14.1. The third-order valence-corrected chi connectivity index (χ3v) is 3.62. The van der Waals surface area contributed by atoms with Crippen LogP contribution in [-0.4, -0.2) is 27.6 Å². The molecule has 0 aromatic heterocycles. The van der Waals surface area contributed by atoms with E-state index in [1.165, 1.54) is 43.3 Å². The lowest BCUT2D eigenvalue weighted by Gasteiger charge is -2.06. The van der Waals surface area contributed by atoms with E-state index in [1.54, 1.807) is 0 Å². The first kappa shape index (κ1) is 19.9. The number of rotatable bonds is 6. The van der Waals surface area contributed by atoms with Crippen LogP contribution >= 0.6 is 11.6 Å². The topological polar surface area (TPSA) is 134 Å². The molecule has 0 atom stereocenters. The van der Waals surface area contributed by atoms with E-state index >= 15 is 0 Å². The molecule has 0 aliphatic heterocycles. The third kappa shape index (κ3) is 5.79. The maximum Gasteiger partial charge on any atom is 0.289 e. The Labute approximate surface area is 158 Å². The molecule has 140 valence electrons. The highest BCUT2D eigenvalue weighted by molar-refractivity contribution is 6.32. The number of carbonyl (C=O) groups is 2. The van der Waals surface area contributed by atoms with Gasteiger partial charge in [-0.05, 0) is 37.3 Å². The molecule has 0 unspecified atom stereocenters. The van der Waals surface area contributed by atoms with E-state index in [1.807, 2.05) is 0 Å². The van der Waals surface area contributed by atoms with Crippen LogP contribution < -0.4 is 10.7 Å². The van der Waals surface area contributed by atoms with E-state index < -0.39 is 16.7 Å². The Morgan fingerprint density at radius 3 is 2.67 bits per heavy atom. The van der Waals surface area contributed by atoms with E-state index in [4.69, 9.17) is 11.6 Å². The molecule has 2 rings (SSSR count). The number of phenolic OH excluding ortho intramolecular Hbond substituents is 1. The SMILES string of the molecule is C/C(CC(=O)Nc1ccc(Cl)c([N+](=O)[O-])c1)=N\NC(=O)c1cccc(O)c1. The van der Waals surface area contributed by atoms with Crippen LogP contribution in [-0.2, 0) is 4.79 Å². The van der Waals surface area contributed by atoms with E-state index in [0.29, 0.717) is 5.71 Å². The summed E-state index contributed by atoms with van der Waals surface area (Å²) in [5, 5.41) is 26.5. The summed E-state index contributed by atoms with van der Waals surface area (Å²) >= 11 is 5.71. The summed E-state index contributed by atoms with van der Waals surface area (Å²) < 4.78 is 0. The van der Waals surface area contributed by atoms with Crippen molar-refractivity contribution < 1.29 is 19.6 Å². The van der Waals surface area contributed by atoms with Crippen molar-refractivity contribution in [1.82, 2.24) is 5.43 Å². The molecule has 0 aliphatic carbocycles. The molecule has 9 nitrogen and oxygen atoms in total. The number of aromatic hydroxyl groups is 1. The number of amides is 2. The molecule has 10 heteroatoms. The number of nitro groups is 1. The fourth-order valence-electron chi connectivity index (χ4n) is 2.07. The molecule has 2 amide bonds. The van der Waals surface area contributed by atoms with Gasteiger partial charge in [0.15, 0.2) is 0 Å². The van der Waals surface area contributed by atoms with Gasteiger partial charge in [-0.1, -0.05) is 17.7 Å². The van der Waals surface area contributed by atoms with Crippen molar-refractivity contribution >= 4 is 40.5 Å². The summed E-state index contributed by atoms with van der Waals surface area (Å²) in [7, 11) is 0. The van der Waals surface area contributed by atoms with Crippen molar-refractivity contribution in [2.75, 3.05) is 5.32 Å². The lowest BCUT2D eigenvalue weighted by Crippen LogP contribution is -2.21. The van der Waals surface area contributed by atoms with Crippen molar-refractivity contribution in [3.63, 3.8) is 0 Å². The number of nitro benzene ring substituents is 1.